The van der Waals surface area contributed by atoms with Crippen LogP contribution in [0.4, 0.5) is 0 Å². The molecule has 0 radical (unpaired) electrons. The second-order valence-corrected chi connectivity index (χ2v) is 17.3. The average molecular weight is 683 g/mol. The van der Waals surface area contributed by atoms with Crippen molar-refractivity contribution in [3.05, 3.63) is 34.4 Å². The van der Waals surface area contributed by atoms with Gasteiger partial charge in [0.1, 0.15) is 6.54 Å². The lowest BCUT2D eigenvalue weighted by atomic mass is 9.96. The van der Waals surface area contributed by atoms with Crippen LogP contribution < -0.4 is 0 Å². The summed E-state index contributed by atoms with van der Waals surface area (Å²) in [6.07, 6.45) is 43.5. The number of rotatable bonds is 36. The SMILES string of the molecule is CCCCCCCCCCCCCCCCCC[N+](CCCCCCCCCCCCCCCC)(Cc1c(C)cc(C)cc1C)CC(C)C. The number of quaternary nitrogens is 1. The number of hydrogen-bond donors (Lipinski definition) is 0. The number of benzene rings is 1. The largest absolute Gasteiger partial charge is 0.320 e. The minimum atomic E-state index is 0.749. The third-order valence-corrected chi connectivity index (χ3v) is 11.6. The van der Waals surface area contributed by atoms with Crippen LogP contribution in [0.1, 0.15) is 243 Å². The van der Waals surface area contributed by atoms with Gasteiger partial charge in [-0.05, 0) is 57.6 Å². The first-order valence-corrected chi connectivity index (χ1v) is 22.8. The minimum Gasteiger partial charge on any atom is -0.320 e. The zero-order valence-electron chi connectivity index (χ0n) is 35.2. The van der Waals surface area contributed by atoms with Crippen LogP contribution in [0.5, 0.6) is 0 Å². The molecule has 1 aromatic carbocycles. The second-order valence-electron chi connectivity index (χ2n) is 17.3. The lowest BCUT2D eigenvalue weighted by Crippen LogP contribution is -2.51. The molecule has 0 heterocycles. The molecule has 0 fully saturated rings. The van der Waals surface area contributed by atoms with E-state index in [2.05, 4.69) is 60.6 Å². The highest BCUT2D eigenvalue weighted by atomic mass is 15.3. The summed E-state index contributed by atoms with van der Waals surface area (Å²) in [5.74, 6) is 0.749. The fraction of sp³-hybridized carbons (Fsp3) is 0.875. The Kier molecular flexibility index (Phi) is 30.1. The number of nitrogens with zero attached hydrogens (tertiary/aromatic N) is 1. The van der Waals surface area contributed by atoms with E-state index in [0.717, 1.165) is 5.92 Å². The Morgan fingerprint density at radius 2 is 0.673 bits per heavy atom. The van der Waals surface area contributed by atoms with Crippen LogP contribution >= 0.6 is 0 Å². The van der Waals surface area contributed by atoms with Gasteiger partial charge in [0.2, 0.25) is 0 Å². The molecule has 0 amide bonds. The smallest absolute Gasteiger partial charge is 0.105 e. The topological polar surface area (TPSA) is 0 Å². The molecule has 288 valence electrons. The fourth-order valence-corrected chi connectivity index (χ4v) is 8.72. The standard InChI is InChI=1S/C48H92N/c1-8-10-12-14-16-18-20-22-24-25-27-29-31-33-35-37-39-49(42-44(3)4,43-48-46(6)40-45(5)41-47(48)7)38-36-34-32-30-28-26-23-21-19-17-15-13-11-9-2/h40-41,44H,8-39,42-43H2,1-7H3/q+1. The lowest BCUT2D eigenvalue weighted by molar-refractivity contribution is -0.944. The van der Waals surface area contributed by atoms with Gasteiger partial charge in [-0.15, -0.1) is 0 Å². The van der Waals surface area contributed by atoms with Crippen LogP contribution in [0.15, 0.2) is 12.1 Å². The molecule has 1 atom stereocenters. The van der Waals surface area contributed by atoms with E-state index in [1.807, 2.05) is 0 Å². The Labute approximate surface area is 311 Å². The highest BCUT2D eigenvalue weighted by molar-refractivity contribution is 5.37. The van der Waals surface area contributed by atoms with E-state index in [-0.39, 0.29) is 0 Å². The maximum absolute atomic E-state index is 2.47. The minimum absolute atomic E-state index is 0.749. The fourth-order valence-electron chi connectivity index (χ4n) is 8.72. The quantitative estimate of drug-likeness (QED) is 0.0488. The van der Waals surface area contributed by atoms with Crippen molar-refractivity contribution >= 4 is 0 Å². The van der Waals surface area contributed by atoms with Crippen molar-refractivity contribution in [3.63, 3.8) is 0 Å². The van der Waals surface area contributed by atoms with Gasteiger partial charge in [0.15, 0.2) is 0 Å². The van der Waals surface area contributed by atoms with Crippen molar-refractivity contribution in [2.24, 2.45) is 5.92 Å². The Morgan fingerprint density at radius 1 is 0.408 bits per heavy atom. The number of aryl methyl sites for hydroxylation is 3. The zero-order chi connectivity index (χ0) is 35.8. The average Bonchev–Trinajstić information content (AvgIpc) is 3.06. The zero-order valence-corrected chi connectivity index (χ0v) is 35.2. The van der Waals surface area contributed by atoms with E-state index >= 15 is 0 Å². The van der Waals surface area contributed by atoms with Gasteiger partial charge >= 0.3 is 0 Å². The van der Waals surface area contributed by atoms with Gasteiger partial charge in [-0.3, -0.25) is 0 Å². The summed E-state index contributed by atoms with van der Waals surface area (Å²) in [7, 11) is 0. The Morgan fingerprint density at radius 3 is 0.939 bits per heavy atom. The molecule has 0 saturated carbocycles. The molecular formula is C48H92N+. The van der Waals surface area contributed by atoms with E-state index in [1.165, 1.54) is 240 Å². The van der Waals surface area contributed by atoms with Crippen molar-refractivity contribution in [2.45, 2.75) is 248 Å². The van der Waals surface area contributed by atoms with E-state index in [0.29, 0.717) is 0 Å². The Balaban J connectivity index is 2.45. The first kappa shape index (κ1) is 46.2. The second kappa shape index (κ2) is 31.9. The molecule has 0 N–H and O–H groups in total. The van der Waals surface area contributed by atoms with Gasteiger partial charge in [0, 0.05) is 11.5 Å². The van der Waals surface area contributed by atoms with Gasteiger partial charge in [-0.1, -0.05) is 212 Å². The molecule has 0 bridgehead atoms. The third kappa shape index (κ3) is 25.7. The van der Waals surface area contributed by atoms with Gasteiger partial charge in [-0.25, -0.2) is 0 Å². The normalized spacial score (nSPS) is 13.1. The summed E-state index contributed by atoms with van der Waals surface area (Å²) in [4.78, 5) is 0. The number of unbranched alkanes of at least 4 members (excludes halogenated alkanes) is 28. The van der Waals surface area contributed by atoms with Crippen LogP contribution in [-0.4, -0.2) is 24.1 Å². The van der Waals surface area contributed by atoms with Crippen LogP contribution in [0.2, 0.25) is 0 Å². The van der Waals surface area contributed by atoms with Gasteiger partial charge in [0.05, 0.1) is 19.6 Å². The summed E-state index contributed by atoms with van der Waals surface area (Å²) in [6.45, 7) is 21.9. The lowest BCUT2D eigenvalue weighted by Gasteiger charge is -2.41. The highest BCUT2D eigenvalue weighted by Gasteiger charge is 2.29. The highest BCUT2D eigenvalue weighted by Crippen LogP contribution is 2.27. The van der Waals surface area contributed by atoms with Crippen LogP contribution in [0, 0.1) is 26.7 Å². The summed E-state index contributed by atoms with van der Waals surface area (Å²) in [5, 5.41) is 0. The molecule has 1 aromatic rings. The summed E-state index contributed by atoms with van der Waals surface area (Å²) < 4.78 is 1.32. The summed E-state index contributed by atoms with van der Waals surface area (Å²) in [5.41, 5.74) is 6.12. The Bertz CT molecular complexity index is 832. The van der Waals surface area contributed by atoms with Gasteiger partial charge < -0.3 is 4.48 Å². The third-order valence-electron chi connectivity index (χ3n) is 11.6. The van der Waals surface area contributed by atoms with Crippen molar-refractivity contribution in [1.29, 1.82) is 0 Å². The molecule has 0 aliphatic carbocycles. The predicted molar refractivity (Wildman–Crippen MR) is 224 cm³/mol. The van der Waals surface area contributed by atoms with Crippen molar-refractivity contribution < 1.29 is 4.48 Å². The predicted octanol–water partition coefficient (Wildman–Crippen LogP) is 16.3. The van der Waals surface area contributed by atoms with Crippen LogP contribution in [-0.2, 0) is 6.54 Å². The molecule has 1 rings (SSSR count). The summed E-state index contributed by atoms with van der Waals surface area (Å²) in [6, 6.07) is 4.88. The number of hydrogen-bond acceptors (Lipinski definition) is 0. The van der Waals surface area contributed by atoms with Gasteiger partial charge in [0.25, 0.3) is 0 Å². The van der Waals surface area contributed by atoms with Crippen LogP contribution in [0.3, 0.4) is 0 Å². The van der Waals surface area contributed by atoms with Gasteiger partial charge in [-0.2, -0.15) is 0 Å². The molecule has 0 aromatic heterocycles. The van der Waals surface area contributed by atoms with Crippen molar-refractivity contribution in [1.82, 2.24) is 0 Å². The summed E-state index contributed by atoms with van der Waals surface area (Å²) >= 11 is 0. The molecule has 1 unspecified atom stereocenters. The first-order valence-electron chi connectivity index (χ1n) is 22.8. The molecule has 0 saturated heterocycles. The van der Waals surface area contributed by atoms with E-state index in [9.17, 15) is 0 Å². The molecule has 0 spiro atoms. The molecule has 1 heteroatoms. The maximum Gasteiger partial charge on any atom is 0.105 e. The van der Waals surface area contributed by atoms with E-state index < -0.39 is 0 Å². The van der Waals surface area contributed by atoms with Crippen LogP contribution in [0.25, 0.3) is 0 Å². The van der Waals surface area contributed by atoms with Crippen molar-refractivity contribution in [2.75, 3.05) is 19.6 Å². The molecule has 1 nitrogen and oxygen atoms in total. The molecule has 0 aliphatic rings. The van der Waals surface area contributed by atoms with E-state index in [1.54, 1.807) is 5.56 Å². The first-order chi connectivity index (χ1) is 23.8. The maximum atomic E-state index is 2.47. The molecule has 0 aliphatic heterocycles. The monoisotopic (exact) mass is 683 g/mol. The molecular weight excluding hydrogens is 591 g/mol. The van der Waals surface area contributed by atoms with Crippen molar-refractivity contribution in [3.8, 4) is 0 Å². The molecule has 49 heavy (non-hydrogen) atoms. The Hall–Kier alpha value is -0.820. The van der Waals surface area contributed by atoms with E-state index in [4.69, 9.17) is 0 Å².